The van der Waals surface area contributed by atoms with Crippen LogP contribution in [0.4, 0.5) is 4.39 Å². The van der Waals surface area contributed by atoms with E-state index >= 15 is 0 Å². The molecule has 4 aromatic rings. The summed E-state index contributed by atoms with van der Waals surface area (Å²) in [4.78, 5) is 3.11. The zero-order valence-corrected chi connectivity index (χ0v) is 9.94. The first kappa shape index (κ1) is 10.3. The van der Waals surface area contributed by atoms with Gasteiger partial charge in [0.1, 0.15) is 5.82 Å². The summed E-state index contributed by atoms with van der Waals surface area (Å²) in [5.41, 5.74) is 3.97. The highest BCUT2D eigenvalue weighted by Crippen LogP contribution is 2.30. The SMILES string of the molecule is Fc1ccc2c(-c3ccc4[nH]ncc4c3)c[nH]c2c1. The summed E-state index contributed by atoms with van der Waals surface area (Å²) in [7, 11) is 0. The van der Waals surface area contributed by atoms with E-state index in [9.17, 15) is 4.39 Å². The van der Waals surface area contributed by atoms with Gasteiger partial charge in [-0.05, 0) is 35.9 Å². The molecule has 4 rings (SSSR count). The summed E-state index contributed by atoms with van der Waals surface area (Å²) in [5.74, 6) is -0.230. The molecule has 0 spiro atoms. The third kappa shape index (κ3) is 1.53. The summed E-state index contributed by atoms with van der Waals surface area (Å²) < 4.78 is 13.2. The fourth-order valence-corrected chi connectivity index (χ4v) is 2.45. The van der Waals surface area contributed by atoms with E-state index in [0.717, 1.165) is 32.9 Å². The first-order valence-corrected chi connectivity index (χ1v) is 6.01. The number of aromatic amines is 2. The molecule has 92 valence electrons. The summed E-state index contributed by atoms with van der Waals surface area (Å²) >= 11 is 0. The van der Waals surface area contributed by atoms with E-state index in [1.165, 1.54) is 12.1 Å². The van der Waals surface area contributed by atoms with Crippen LogP contribution in [0.2, 0.25) is 0 Å². The van der Waals surface area contributed by atoms with Crippen molar-refractivity contribution in [3.8, 4) is 11.1 Å². The van der Waals surface area contributed by atoms with Crippen LogP contribution >= 0.6 is 0 Å². The molecule has 2 aromatic carbocycles. The second kappa shape index (κ2) is 3.68. The Labute approximate surface area is 108 Å². The normalized spacial score (nSPS) is 11.4. The lowest BCUT2D eigenvalue weighted by Crippen LogP contribution is -1.77. The maximum absolute atomic E-state index is 13.2. The summed E-state index contributed by atoms with van der Waals surface area (Å²) in [6, 6.07) is 10.9. The highest BCUT2D eigenvalue weighted by molar-refractivity contribution is 5.97. The number of aromatic nitrogens is 3. The fourth-order valence-electron chi connectivity index (χ4n) is 2.45. The van der Waals surface area contributed by atoms with Gasteiger partial charge in [0.25, 0.3) is 0 Å². The average molecular weight is 251 g/mol. The predicted octanol–water partition coefficient (Wildman–Crippen LogP) is 3.85. The molecule has 2 heterocycles. The van der Waals surface area contributed by atoms with E-state index < -0.39 is 0 Å². The van der Waals surface area contributed by atoms with Gasteiger partial charge in [-0.25, -0.2) is 4.39 Å². The van der Waals surface area contributed by atoms with Crippen LogP contribution in [-0.2, 0) is 0 Å². The second-order valence-corrected chi connectivity index (χ2v) is 4.56. The Hall–Kier alpha value is -2.62. The molecule has 19 heavy (non-hydrogen) atoms. The van der Waals surface area contributed by atoms with Crippen molar-refractivity contribution in [3.63, 3.8) is 0 Å². The molecule has 3 nitrogen and oxygen atoms in total. The first-order valence-electron chi connectivity index (χ1n) is 6.01. The largest absolute Gasteiger partial charge is 0.360 e. The van der Waals surface area contributed by atoms with Crippen molar-refractivity contribution in [2.75, 3.05) is 0 Å². The van der Waals surface area contributed by atoms with Gasteiger partial charge in [-0.3, -0.25) is 5.10 Å². The van der Waals surface area contributed by atoms with Gasteiger partial charge in [0, 0.05) is 28.0 Å². The quantitative estimate of drug-likeness (QED) is 0.530. The highest BCUT2D eigenvalue weighted by Gasteiger charge is 2.07. The molecule has 0 aliphatic rings. The molecule has 0 amide bonds. The predicted molar refractivity (Wildman–Crippen MR) is 73.3 cm³/mol. The van der Waals surface area contributed by atoms with Crippen molar-refractivity contribution in [2.45, 2.75) is 0 Å². The molecule has 0 saturated heterocycles. The van der Waals surface area contributed by atoms with Gasteiger partial charge >= 0.3 is 0 Å². The van der Waals surface area contributed by atoms with Crippen molar-refractivity contribution in [1.29, 1.82) is 0 Å². The molecule has 0 aliphatic carbocycles. The van der Waals surface area contributed by atoms with Crippen LogP contribution in [-0.4, -0.2) is 15.2 Å². The zero-order valence-electron chi connectivity index (χ0n) is 9.94. The topological polar surface area (TPSA) is 44.5 Å². The highest BCUT2D eigenvalue weighted by atomic mass is 19.1. The third-order valence-electron chi connectivity index (χ3n) is 3.40. The number of halogens is 1. The van der Waals surface area contributed by atoms with Crippen LogP contribution in [0, 0.1) is 5.82 Å². The lowest BCUT2D eigenvalue weighted by atomic mass is 10.0. The molecule has 0 fully saturated rings. The van der Waals surface area contributed by atoms with Crippen LogP contribution in [0.5, 0.6) is 0 Å². The van der Waals surface area contributed by atoms with Gasteiger partial charge in [0.15, 0.2) is 0 Å². The summed E-state index contributed by atoms with van der Waals surface area (Å²) in [6.07, 6.45) is 3.71. The minimum Gasteiger partial charge on any atom is -0.360 e. The van der Waals surface area contributed by atoms with Crippen molar-refractivity contribution in [1.82, 2.24) is 15.2 Å². The van der Waals surface area contributed by atoms with E-state index in [0.29, 0.717) is 0 Å². The number of nitrogens with zero attached hydrogens (tertiary/aromatic N) is 1. The maximum atomic E-state index is 13.2. The molecule has 4 heteroatoms. The van der Waals surface area contributed by atoms with Crippen molar-refractivity contribution >= 4 is 21.8 Å². The van der Waals surface area contributed by atoms with E-state index in [4.69, 9.17) is 0 Å². The Morgan fingerprint density at radius 3 is 2.89 bits per heavy atom. The number of H-pyrrole nitrogens is 2. The molecule has 0 atom stereocenters. The maximum Gasteiger partial charge on any atom is 0.125 e. The number of hydrogen-bond donors (Lipinski definition) is 2. The lowest BCUT2D eigenvalue weighted by molar-refractivity contribution is 0.629. The average Bonchev–Trinajstić information content (AvgIpc) is 3.02. The molecular formula is C15H10FN3. The van der Waals surface area contributed by atoms with Crippen LogP contribution < -0.4 is 0 Å². The van der Waals surface area contributed by atoms with Gasteiger partial charge in [-0.2, -0.15) is 5.10 Å². The standard InChI is InChI=1S/C15H10FN3/c16-11-2-3-12-13(8-17-15(12)6-11)9-1-4-14-10(5-9)7-18-19-14/h1-8,17H,(H,18,19). The Morgan fingerprint density at radius 1 is 1.00 bits per heavy atom. The Morgan fingerprint density at radius 2 is 1.95 bits per heavy atom. The summed E-state index contributed by atoms with van der Waals surface area (Å²) in [5, 5.41) is 9.03. The van der Waals surface area contributed by atoms with Gasteiger partial charge in [0.05, 0.1) is 11.7 Å². The molecule has 0 unspecified atom stereocenters. The Bertz CT molecular complexity index is 889. The van der Waals surface area contributed by atoms with E-state index in [1.54, 1.807) is 12.3 Å². The number of benzene rings is 2. The minimum absolute atomic E-state index is 0.230. The van der Waals surface area contributed by atoms with E-state index in [2.05, 4.69) is 21.2 Å². The lowest BCUT2D eigenvalue weighted by Gasteiger charge is -2.00. The third-order valence-corrected chi connectivity index (χ3v) is 3.40. The van der Waals surface area contributed by atoms with Crippen LogP contribution in [0.25, 0.3) is 32.9 Å². The number of fused-ring (bicyclic) bond motifs is 2. The molecule has 2 N–H and O–H groups in total. The van der Waals surface area contributed by atoms with E-state index in [-0.39, 0.29) is 5.82 Å². The van der Waals surface area contributed by atoms with Crippen LogP contribution in [0.3, 0.4) is 0 Å². The van der Waals surface area contributed by atoms with Crippen LogP contribution in [0.15, 0.2) is 48.8 Å². The molecule has 0 bridgehead atoms. The van der Waals surface area contributed by atoms with Crippen LogP contribution in [0.1, 0.15) is 0 Å². The van der Waals surface area contributed by atoms with Gasteiger partial charge in [-0.1, -0.05) is 6.07 Å². The molecule has 2 aromatic heterocycles. The Kier molecular flexibility index (Phi) is 2.00. The van der Waals surface area contributed by atoms with Crippen molar-refractivity contribution in [2.24, 2.45) is 0 Å². The summed E-state index contributed by atoms with van der Waals surface area (Å²) in [6.45, 7) is 0. The van der Waals surface area contributed by atoms with Gasteiger partial charge < -0.3 is 4.98 Å². The van der Waals surface area contributed by atoms with Gasteiger partial charge in [-0.15, -0.1) is 0 Å². The minimum atomic E-state index is -0.230. The molecular weight excluding hydrogens is 241 g/mol. The molecule has 0 radical (unpaired) electrons. The number of nitrogens with one attached hydrogen (secondary N) is 2. The van der Waals surface area contributed by atoms with Gasteiger partial charge in [0.2, 0.25) is 0 Å². The van der Waals surface area contributed by atoms with E-state index in [1.807, 2.05) is 18.3 Å². The monoisotopic (exact) mass is 251 g/mol. The molecule has 0 aliphatic heterocycles. The van der Waals surface area contributed by atoms with Crippen molar-refractivity contribution < 1.29 is 4.39 Å². The smallest absolute Gasteiger partial charge is 0.125 e. The van der Waals surface area contributed by atoms with Crippen molar-refractivity contribution in [3.05, 3.63) is 54.6 Å². The molecule has 0 saturated carbocycles. The number of rotatable bonds is 1. The fraction of sp³-hybridized carbons (Fsp3) is 0. The zero-order chi connectivity index (χ0) is 12.8. The second-order valence-electron chi connectivity index (χ2n) is 4.56. The number of hydrogen-bond acceptors (Lipinski definition) is 1. The Balaban J connectivity index is 1.97. The first-order chi connectivity index (χ1) is 9.31.